The lowest BCUT2D eigenvalue weighted by molar-refractivity contribution is -0.120. The number of aryl methyl sites for hydroxylation is 1. The molecule has 19 heavy (non-hydrogen) atoms. The zero-order valence-corrected chi connectivity index (χ0v) is 11.6. The van der Waals surface area contributed by atoms with Gasteiger partial charge in [0.15, 0.2) is 0 Å². The van der Waals surface area contributed by atoms with Gasteiger partial charge in [0.05, 0.1) is 7.11 Å². The maximum atomic E-state index is 9.84. The minimum Gasteiger partial charge on any atom is -0.497 e. The van der Waals surface area contributed by atoms with Crippen molar-refractivity contribution in [1.82, 2.24) is 0 Å². The van der Waals surface area contributed by atoms with Gasteiger partial charge in [0.2, 0.25) is 0 Å². The van der Waals surface area contributed by atoms with Crippen LogP contribution in [-0.4, -0.2) is 13.6 Å². The van der Waals surface area contributed by atoms with Gasteiger partial charge in [0.25, 0.3) is 6.47 Å². The first-order chi connectivity index (χ1) is 9.15. The van der Waals surface area contributed by atoms with Crippen LogP contribution in [0.3, 0.4) is 0 Å². The van der Waals surface area contributed by atoms with Crippen LogP contribution >= 0.6 is 11.6 Å². The standard InChI is InChI=1S/C8H8O2.C7H7ClO/c1-7-2-4-8(5-3-7)10-6-9;1-9-7-4-2-6(8)3-5-7/h2-6H,1H3;2-5H,1H3. The highest BCUT2D eigenvalue weighted by Crippen LogP contribution is 2.14. The number of halogens is 1. The highest BCUT2D eigenvalue weighted by Gasteiger charge is 1.88. The number of methoxy groups -OCH3 is 1. The van der Waals surface area contributed by atoms with Crippen LogP contribution in [0.2, 0.25) is 5.02 Å². The molecule has 0 atom stereocenters. The second-order valence-corrected chi connectivity index (χ2v) is 4.12. The van der Waals surface area contributed by atoms with E-state index in [0.29, 0.717) is 12.2 Å². The molecule has 4 heteroatoms. The van der Waals surface area contributed by atoms with Crippen LogP contribution in [0.15, 0.2) is 48.5 Å². The SMILES string of the molecule is COc1ccc(Cl)cc1.Cc1ccc(OC=O)cc1. The number of ether oxygens (including phenoxy) is 2. The molecule has 0 unspecified atom stereocenters. The third kappa shape index (κ3) is 5.93. The lowest BCUT2D eigenvalue weighted by Crippen LogP contribution is -1.87. The van der Waals surface area contributed by atoms with Gasteiger partial charge in [-0.15, -0.1) is 0 Å². The van der Waals surface area contributed by atoms with Crippen LogP contribution in [0, 0.1) is 6.92 Å². The molecule has 0 saturated carbocycles. The normalized spacial score (nSPS) is 9.00. The van der Waals surface area contributed by atoms with E-state index in [1.807, 2.05) is 31.2 Å². The van der Waals surface area contributed by atoms with Crippen molar-refractivity contribution in [3.63, 3.8) is 0 Å². The van der Waals surface area contributed by atoms with Crippen molar-refractivity contribution in [2.45, 2.75) is 6.92 Å². The molecule has 0 aliphatic carbocycles. The fraction of sp³-hybridized carbons (Fsp3) is 0.133. The fourth-order valence-corrected chi connectivity index (χ4v) is 1.37. The molecule has 2 aromatic carbocycles. The molecule has 0 spiro atoms. The minimum atomic E-state index is 0.421. The molecule has 0 aliphatic rings. The first-order valence-corrected chi connectivity index (χ1v) is 6.00. The number of hydrogen-bond acceptors (Lipinski definition) is 3. The van der Waals surface area contributed by atoms with Crippen LogP contribution in [0.1, 0.15) is 5.56 Å². The van der Waals surface area contributed by atoms with Crippen molar-refractivity contribution < 1.29 is 14.3 Å². The summed E-state index contributed by atoms with van der Waals surface area (Å²) >= 11 is 5.61. The first kappa shape index (κ1) is 15.1. The van der Waals surface area contributed by atoms with Gasteiger partial charge in [0, 0.05) is 5.02 Å². The molecular formula is C15H15ClO3. The quantitative estimate of drug-likeness (QED) is 0.799. The largest absolute Gasteiger partial charge is 0.497 e. The molecule has 0 bridgehead atoms. The molecule has 0 amide bonds. The second kappa shape index (κ2) is 8.16. The van der Waals surface area contributed by atoms with Crippen molar-refractivity contribution >= 4 is 18.1 Å². The van der Waals surface area contributed by atoms with E-state index in [-0.39, 0.29) is 0 Å². The van der Waals surface area contributed by atoms with Gasteiger partial charge in [-0.25, -0.2) is 0 Å². The average molecular weight is 279 g/mol. The number of benzene rings is 2. The zero-order valence-electron chi connectivity index (χ0n) is 10.8. The Hall–Kier alpha value is -2.00. The average Bonchev–Trinajstić information content (AvgIpc) is 2.43. The van der Waals surface area contributed by atoms with Gasteiger partial charge >= 0.3 is 0 Å². The summed E-state index contributed by atoms with van der Waals surface area (Å²) in [6, 6.07) is 14.5. The highest BCUT2D eigenvalue weighted by atomic mass is 35.5. The Morgan fingerprint density at radius 1 is 0.947 bits per heavy atom. The van der Waals surface area contributed by atoms with Crippen molar-refractivity contribution in [3.8, 4) is 11.5 Å². The Kier molecular flexibility index (Phi) is 6.47. The molecular weight excluding hydrogens is 264 g/mol. The number of rotatable bonds is 3. The predicted molar refractivity (Wildman–Crippen MR) is 75.9 cm³/mol. The van der Waals surface area contributed by atoms with Gasteiger partial charge in [-0.05, 0) is 43.3 Å². The maximum Gasteiger partial charge on any atom is 0.298 e. The molecule has 100 valence electrons. The van der Waals surface area contributed by atoms with E-state index in [2.05, 4.69) is 4.74 Å². The lowest BCUT2D eigenvalue weighted by Gasteiger charge is -1.96. The molecule has 0 aliphatic heterocycles. The third-order valence-corrected chi connectivity index (χ3v) is 2.51. The van der Waals surface area contributed by atoms with Gasteiger partial charge in [-0.1, -0.05) is 29.3 Å². The van der Waals surface area contributed by atoms with E-state index in [1.165, 1.54) is 0 Å². The van der Waals surface area contributed by atoms with Crippen molar-refractivity contribution in [2.75, 3.05) is 7.11 Å². The molecule has 3 nitrogen and oxygen atoms in total. The Bertz CT molecular complexity index is 492. The van der Waals surface area contributed by atoms with Gasteiger partial charge in [0.1, 0.15) is 11.5 Å². The number of hydrogen-bond donors (Lipinski definition) is 0. The molecule has 2 aromatic rings. The summed E-state index contributed by atoms with van der Waals surface area (Å²) in [5.74, 6) is 1.42. The Balaban J connectivity index is 0.000000191. The molecule has 0 fully saturated rings. The summed E-state index contributed by atoms with van der Waals surface area (Å²) in [5.41, 5.74) is 1.15. The van der Waals surface area contributed by atoms with Crippen LogP contribution in [-0.2, 0) is 4.79 Å². The Morgan fingerprint density at radius 2 is 1.47 bits per heavy atom. The van der Waals surface area contributed by atoms with Gasteiger partial charge in [-0.2, -0.15) is 0 Å². The van der Waals surface area contributed by atoms with E-state index in [1.54, 1.807) is 31.4 Å². The molecule has 0 saturated heterocycles. The molecule has 0 aromatic heterocycles. The van der Waals surface area contributed by atoms with E-state index in [4.69, 9.17) is 16.3 Å². The summed E-state index contributed by atoms with van der Waals surface area (Å²) in [4.78, 5) is 9.84. The van der Waals surface area contributed by atoms with Crippen LogP contribution < -0.4 is 9.47 Å². The van der Waals surface area contributed by atoms with Crippen molar-refractivity contribution in [1.29, 1.82) is 0 Å². The van der Waals surface area contributed by atoms with Gasteiger partial charge in [-0.3, -0.25) is 4.79 Å². The lowest BCUT2D eigenvalue weighted by atomic mass is 10.2. The molecule has 0 heterocycles. The summed E-state index contributed by atoms with van der Waals surface area (Å²) in [6.45, 7) is 2.40. The zero-order chi connectivity index (χ0) is 14.1. The van der Waals surface area contributed by atoms with Crippen molar-refractivity contribution in [3.05, 3.63) is 59.1 Å². The smallest absolute Gasteiger partial charge is 0.298 e. The summed E-state index contributed by atoms with van der Waals surface area (Å²) in [7, 11) is 1.63. The number of carbonyl (C=O) groups excluding carboxylic acids is 1. The predicted octanol–water partition coefficient (Wildman–Crippen LogP) is 3.88. The second-order valence-electron chi connectivity index (χ2n) is 3.69. The highest BCUT2D eigenvalue weighted by molar-refractivity contribution is 6.30. The van der Waals surface area contributed by atoms with E-state index >= 15 is 0 Å². The number of carbonyl (C=O) groups is 1. The van der Waals surface area contributed by atoms with E-state index in [0.717, 1.165) is 16.3 Å². The minimum absolute atomic E-state index is 0.421. The van der Waals surface area contributed by atoms with E-state index < -0.39 is 0 Å². The summed E-state index contributed by atoms with van der Waals surface area (Å²) in [6.07, 6.45) is 0. The summed E-state index contributed by atoms with van der Waals surface area (Å²) < 4.78 is 9.49. The molecule has 0 N–H and O–H groups in total. The Labute approximate surface area is 117 Å². The topological polar surface area (TPSA) is 35.5 Å². The Morgan fingerprint density at radius 3 is 1.95 bits per heavy atom. The van der Waals surface area contributed by atoms with Crippen LogP contribution in [0.5, 0.6) is 11.5 Å². The van der Waals surface area contributed by atoms with E-state index in [9.17, 15) is 4.79 Å². The maximum absolute atomic E-state index is 9.84. The first-order valence-electron chi connectivity index (χ1n) is 5.62. The molecule has 2 rings (SSSR count). The fourth-order valence-electron chi connectivity index (χ4n) is 1.24. The van der Waals surface area contributed by atoms with Crippen molar-refractivity contribution in [2.24, 2.45) is 0 Å². The summed E-state index contributed by atoms with van der Waals surface area (Å²) in [5, 5.41) is 0.732. The monoisotopic (exact) mass is 278 g/mol. The van der Waals surface area contributed by atoms with Crippen LogP contribution in [0.4, 0.5) is 0 Å². The molecule has 0 radical (unpaired) electrons. The third-order valence-electron chi connectivity index (χ3n) is 2.25. The van der Waals surface area contributed by atoms with Crippen LogP contribution in [0.25, 0.3) is 0 Å². The van der Waals surface area contributed by atoms with Gasteiger partial charge < -0.3 is 9.47 Å².